The van der Waals surface area contributed by atoms with Gasteiger partial charge in [0.05, 0.1) is 35.4 Å². The molecular weight excluding hydrogens is 622 g/mol. The zero-order valence-electron chi connectivity index (χ0n) is 20.7. The Morgan fingerprint density at radius 1 is 0.707 bits per heavy atom. The molecule has 0 N–H and O–H groups in total. The number of carbonyl (C=O) groups is 3. The number of alkyl halides is 9. The summed E-state index contributed by atoms with van der Waals surface area (Å²) in [7, 11) is 1.83. The molecule has 2 aromatic carbocycles. The predicted molar refractivity (Wildman–Crippen MR) is 129 cm³/mol. The summed E-state index contributed by atoms with van der Waals surface area (Å²) in [5, 5.41) is -1.08. The van der Waals surface area contributed by atoms with E-state index in [1.54, 1.807) is 0 Å². The van der Waals surface area contributed by atoms with Gasteiger partial charge in [-0.05, 0) is 53.8 Å². The van der Waals surface area contributed by atoms with Gasteiger partial charge in [0.25, 0.3) is 11.6 Å². The van der Waals surface area contributed by atoms with E-state index >= 15 is 0 Å². The molecule has 0 aliphatic carbocycles. The number of allylic oxidation sites excluding steroid dienone is 1. The van der Waals surface area contributed by atoms with Crippen LogP contribution in [-0.2, 0) is 4.79 Å². The van der Waals surface area contributed by atoms with Crippen molar-refractivity contribution in [3.63, 3.8) is 0 Å². The molecule has 16 heteroatoms. The van der Waals surface area contributed by atoms with Gasteiger partial charge >= 0.3 is 18.5 Å². The minimum atomic E-state index is -5.41. The number of hydrogen-bond donors (Lipinski definition) is 0. The van der Waals surface area contributed by atoms with Crippen LogP contribution < -0.4 is 9.47 Å². The fraction of sp³-hybridized carbons (Fsp3) is 0.320. The predicted octanol–water partition coefficient (Wildman–Crippen LogP) is 8.23. The van der Waals surface area contributed by atoms with Gasteiger partial charge in [-0.25, -0.2) is 0 Å². The molecule has 0 aliphatic rings. The number of unbranched alkanes of at least 4 members (excludes halogenated alkanes) is 1. The van der Waals surface area contributed by atoms with Crippen molar-refractivity contribution in [2.24, 2.45) is 0 Å². The quantitative estimate of drug-likeness (QED) is 0.149. The number of hydrogen-bond acceptors (Lipinski definition) is 5. The lowest BCUT2D eigenvalue weighted by Gasteiger charge is -2.18. The second kappa shape index (κ2) is 12.7. The molecule has 0 aromatic heterocycles. The Labute approximate surface area is 235 Å². The van der Waals surface area contributed by atoms with Crippen LogP contribution in [0.4, 0.5) is 39.5 Å². The summed E-state index contributed by atoms with van der Waals surface area (Å²) in [6.07, 6.45) is -16.7. The van der Waals surface area contributed by atoms with Crippen molar-refractivity contribution in [3.05, 3.63) is 62.6 Å². The van der Waals surface area contributed by atoms with Crippen molar-refractivity contribution in [1.82, 2.24) is 0 Å². The number of carbonyl (C=O) groups excluding carboxylic acids is 3. The summed E-state index contributed by atoms with van der Waals surface area (Å²) in [5.74, 6) is -8.23. The molecule has 0 fully saturated rings. The summed E-state index contributed by atoms with van der Waals surface area (Å²) in [5.41, 5.74) is -3.14. The highest BCUT2D eigenvalue weighted by Gasteiger charge is 2.43. The standard InChI is InChI=1S/C25H17Cl2F9O5/c1-40-19-14(21(38)24(31,32)33)7-11(9-16(19)26)13(5-3-4-6-18(37)23(28,29)30)12-8-15(22(39)25(34,35)36)20(41-2)17(27)10-12/h5,7-10H,3-4,6H2,1-2H3. The molecule has 224 valence electrons. The normalized spacial score (nSPS) is 12.1. The maximum Gasteiger partial charge on any atom is 0.455 e. The van der Waals surface area contributed by atoms with E-state index in [1.807, 2.05) is 0 Å². The van der Waals surface area contributed by atoms with E-state index in [0.717, 1.165) is 32.4 Å². The lowest BCUT2D eigenvalue weighted by atomic mass is 9.91. The van der Waals surface area contributed by atoms with Crippen LogP contribution in [0.25, 0.3) is 5.57 Å². The highest BCUT2D eigenvalue weighted by molar-refractivity contribution is 6.33. The molecule has 0 saturated heterocycles. The summed E-state index contributed by atoms with van der Waals surface area (Å²) in [4.78, 5) is 35.4. The number of halogens is 11. The third-order valence-electron chi connectivity index (χ3n) is 5.39. The Morgan fingerprint density at radius 2 is 1.10 bits per heavy atom. The van der Waals surface area contributed by atoms with Crippen LogP contribution in [0.15, 0.2) is 30.3 Å². The van der Waals surface area contributed by atoms with Crippen molar-refractivity contribution in [3.8, 4) is 11.5 Å². The Kier molecular flexibility index (Phi) is 10.5. The number of methoxy groups -OCH3 is 2. The van der Waals surface area contributed by atoms with Crippen LogP contribution in [0.3, 0.4) is 0 Å². The lowest BCUT2D eigenvalue weighted by Crippen LogP contribution is -2.24. The van der Waals surface area contributed by atoms with E-state index in [1.165, 1.54) is 0 Å². The van der Waals surface area contributed by atoms with E-state index in [-0.39, 0.29) is 23.1 Å². The molecule has 5 nitrogen and oxygen atoms in total. The van der Waals surface area contributed by atoms with E-state index in [2.05, 4.69) is 0 Å². The topological polar surface area (TPSA) is 69.7 Å². The SMILES string of the molecule is COc1c(Cl)cc(C(=CCCCC(=O)C(F)(F)F)c2cc(Cl)c(OC)c(C(=O)C(F)(F)F)c2)cc1C(=O)C(F)(F)F. The monoisotopic (exact) mass is 638 g/mol. The summed E-state index contributed by atoms with van der Waals surface area (Å²) >= 11 is 12.1. The molecule has 0 saturated carbocycles. The van der Waals surface area contributed by atoms with Crippen molar-refractivity contribution in [2.45, 2.75) is 37.8 Å². The van der Waals surface area contributed by atoms with Crippen LogP contribution in [0.5, 0.6) is 11.5 Å². The van der Waals surface area contributed by atoms with Gasteiger partial charge in [-0.3, -0.25) is 14.4 Å². The van der Waals surface area contributed by atoms with E-state index in [0.29, 0.717) is 12.1 Å². The third-order valence-corrected chi connectivity index (χ3v) is 5.96. The van der Waals surface area contributed by atoms with Crippen LogP contribution in [-0.4, -0.2) is 50.1 Å². The van der Waals surface area contributed by atoms with Gasteiger partial charge in [0.15, 0.2) is 0 Å². The van der Waals surface area contributed by atoms with E-state index in [9.17, 15) is 53.9 Å². The smallest absolute Gasteiger partial charge is 0.455 e. The lowest BCUT2D eigenvalue weighted by molar-refractivity contribution is -0.171. The number of ether oxygens (including phenoxy) is 2. The van der Waals surface area contributed by atoms with Gasteiger partial charge in [0.2, 0.25) is 5.78 Å². The molecule has 0 spiro atoms. The summed E-state index contributed by atoms with van der Waals surface area (Å²) < 4.78 is 127. The van der Waals surface area contributed by atoms with E-state index in [4.69, 9.17) is 32.7 Å². The molecule has 2 rings (SSSR count). The number of benzene rings is 2. The Bertz CT molecular complexity index is 1290. The zero-order chi connectivity index (χ0) is 31.5. The fourth-order valence-corrected chi connectivity index (χ4v) is 4.20. The molecule has 0 heterocycles. The van der Waals surface area contributed by atoms with Crippen molar-refractivity contribution in [1.29, 1.82) is 0 Å². The average Bonchev–Trinajstić information content (AvgIpc) is 2.84. The van der Waals surface area contributed by atoms with Gasteiger partial charge in [0.1, 0.15) is 11.5 Å². The highest BCUT2D eigenvalue weighted by Crippen LogP contribution is 2.41. The number of Topliss-reactive ketones (excluding diaryl/α,β-unsaturated/α-hetero) is 3. The Hall–Kier alpha value is -3.26. The molecule has 0 radical (unpaired) electrons. The maximum atomic E-state index is 13.3. The zero-order valence-corrected chi connectivity index (χ0v) is 22.2. The second-order valence-corrected chi connectivity index (χ2v) is 8.98. The number of rotatable bonds is 10. The number of ketones is 3. The third kappa shape index (κ3) is 8.15. The summed E-state index contributed by atoms with van der Waals surface area (Å²) in [6, 6.07) is 3.25. The Balaban J connectivity index is 2.82. The average molecular weight is 639 g/mol. The van der Waals surface area contributed by atoms with Gasteiger partial charge in [0, 0.05) is 6.42 Å². The van der Waals surface area contributed by atoms with E-state index < -0.39 is 81.4 Å². The van der Waals surface area contributed by atoms with Crippen molar-refractivity contribution < 1.29 is 63.4 Å². The van der Waals surface area contributed by atoms with Gasteiger partial charge in [-0.2, -0.15) is 39.5 Å². The molecule has 0 bridgehead atoms. The molecule has 0 aliphatic heterocycles. The van der Waals surface area contributed by atoms with Crippen molar-refractivity contribution in [2.75, 3.05) is 14.2 Å². The minimum absolute atomic E-state index is 0.286. The first-order chi connectivity index (χ1) is 18.7. The largest absolute Gasteiger partial charge is 0.494 e. The maximum absolute atomic E-state index is 13.3. The molecule has 41 heavy (non-hydrogen) atoms. The highest BCUT2D eigenvalue weighted by atomic mass is 35.5. The van der Waals surface area contributed by atoms with Crippen molar-refractivity contribution >= 4 is 46.1 Å². The van der Waals surface area contributed by atoms with Crippen LogP contribution >= 0.6 is 23.2 Å². The molecule has 2 aromatic rings. The van der Waals surface area contributed by atoms with Crippen LogP contribution in [0, 0.1) is 0 Å². The van der Waals surface area contributed by atoms with Crippen LogP contribution in [0.1, 0.15) is 51.1 Å². The fourth-order valence-electron chi connectivity index (χ4n) is 3.61. The molecule has 0 amide bonds. The molecular formula is C25H17Cl2F9O5. The molecule has 0 atom stereocenters. The second-order valence-electron chi connectivity index (χ2n) is 8.16. The minimum Gasteiger partial charge on any atom is -0.494 e. The van der Waals surface area contributed by atoms with Gasteiger partial charge in [-0.1, -0.05) is 29.3 Å². The first-order valence-electron chi connectivity index (χ1n) is 11.0. The van der Waals surface area contributed by atoms with Gasteiger partial charge < -0.3 is 9.47 Å². The first kappa shape index (κ1) is 33.9. The van der Waals surface area contributed by atoms with Crippen LogP contribution in [0.2, 0.25) is 10.0 Å². The first-order valence-corrected chi connectivity index (χ1v) is 11.8. The molecule has 0 unspecified atom stereocenters. The van der Waals surface area contributed by atoms with Gasteiger partial charge in [-0.15, -0.1) is 0 Å². The summed E-state index contributed by atoms with van der Waals surface area (Å²) in [6.45, 7) is 0. The Morgan fingerprint density at radius 3 is 1.41 bits per heavy atom.